The number of rotatable bonds is 25. The van der Waals surface area contributed by atoms with E-state index in [4.69, 9.17) is 9.47 Å². The third kappa shape index (κ3) is 15.3. The van der Waals surface area contributed by atoms with Gasteiger partial charge in [0, 0.05) is 66.7 Å². The average molecular weight is 820 g/mol. The van der Waals surface area contributed by atoms with Gasteiger partial charge in [0.05, 0.1) is 21.3 Å². The zero-order valence-corrected chi connectivity index (χ0v) is 34.3. The van der Waals surface area contributed by atoms with Gasteiger partial charge in [-0.2, -0.15) is 35.3 Å². The van der Waals surface area contributed by atoms with Crippen LogP contribution in [0.25, 0.3) is 0 Å². The maximum absolute atomic E-state index is 12.8. The van der Waals surface area contributed by atoms with Crippen molar-refractivity contribution in [3.63, 3.8) is 0 Å². The number of methoxy groups -OCH3 is 1. The van der Waals surface area contributed by atoms with Crippen LogP contribution in [0.3, 0.4) is 0 Å². The molecule has 3 aromatic carbocycles. The Labute approximate surface area is 317 Å². The molecule has 284 valence electrons. The van der Waals surface area contributed by atoms with Crippen molar-refractivity contribution in [2.45, 2.75) is 35.5 Å². The summed E-state index contributed by atoms with van der Waals surface area (Å²) < 4.78 is 95.7. The van der Waals surface area contributed by atoms with Crippen molar-refractivity contribution in [3.8, 4) is 0 Å². The summed E-state index contributed by atoms with van der Waals surface area (Å²) in [5.74, 6) is 3.39. The summed E-state index contributed by atoms with van der Waals surface area (Å²) in [5, 5.41) is 0. The Bertz CT molecular complexity index is 1600. The van der Waals surface area contributed by atoms with Crippen molar-refractivity contribution in [2.24, 2.45) is 5.41 Å². The Balaban J connectivity index is 1.62. The fourth-order valence-corrected chi connectivity index (χ4v) is 11.8. The molecule has 0 radical (unpaired) electrons. The van der Waals surface area contributed by atoms with Crippen molar-refractivity contribution < 1.29 is 34.7 Å². The molecule has 0 aromatic heterocycles. The maximum atomic E-state index is 12.8. The number of aryl methyl sites for hydroxylation is 3. The molecular formula is C34H49N3O8S6. The fourth-order valence-electron chi connectivity index (χ4n) is 4.60. The van der Waals surface area contributed by atoms with Gasteiger partial charge >= 0.3 is 0 Å². The van der Waals surface area contributed by atoms with Crippen LogP contribution < -0.4 is 14.2 Å². The van der Waals surface area contributed by atoms with Crippen LogP contribution in [0.5, 0.6) is 0 Å². The summed E-state index contributed by atoms with van der Waals surface area (Å²) in [6.07, 6.45) is 0. The lowest BCUT2D eigenvalue weighted by Gasteiger charge is -2.33. The lowest BCUT2D eigenvalue weighted by atomic mass is 9.97. The van der Waals surface area contributed by atoms with Gasteiger partial charge in [0.25, 0.3) is 0 Å². The average Bonchev–Trinajstić information content (AvgIpc) is 3.08. The minimum atomic E-state index is -3.65. The Morgan fingerprint density at radius 1 is 0.529 bits per heavy atom. The van der Waals surface area contributed by atoms with Crippen LogP contribution in [-0.2, 0) is 39.5 Å². The van der Waals surface area contributed by atoms with E-state index in [-0.39, 0.29) is 41.1 Å². The minimum Gasteiger partial charge on any atom is -0.359 e. The number of benzene rings is 3. The lowest BCUT2D eigenvalue weighted by Crippen LogP contribution is -2.37. The van der Waals surface area contributed by atoms with E-state index in [9.17, 15) is 25.3 Å². The van der Waals surface area contributed by atoms with Crippen LogP contribution in [0.1, 0.15) is 16.7 Å². The van der Waals surface area contributed by atoms with E-state index in [0.717, 1.165) is 16.7 Å². The first-order valence-corrected chi connectivity index (χ1v) is 24.1. The van der Waals surface area contributed by atoms with E-state index in [2.05, 4.69) is 14.2 Å². The van der Waals surface area contributed by atoms with Crippen LogP contribution in [0, 0.1) is 26.2 Å². The van der Waals surface area contributed by atoms with Crippen LogP contribution >= 0.6 is 35.3 Å². The topological polar surface area (TPSA) is 157 Å². The zero-order valence-electron chi connectivity index (χ0n) is 29.4. The molecule has 0 aliphatic carbocycles. The van der Waals surface area contributed by atoms with Gasteiger partial charge in [-0.05, 0) is 57.2 Å². The highest BCUT2D eigenvalue weighted by molar-refractivity contribution is 8.01. The number of hydrogen-bond acceptors (Lipinski definition) is 11. The molecule has 0 amide bonds. The largest absolute Gasteiger partial charge is 0.359 e. The van der Waals surface area contributed by atoms with Crippen molar-refractivity contribution >= 4 is 65.4 Å². The third-order valence-corrected chi connectivity index (χ3v) is 15.8. The fraction of sp³-hybridized carbons (Fsp3) is 0.471. The Morgan fingerprint density at radius 2 is 0.824 bits per heavy atom. The molecule has 0 spiro atoms. The summed E-state index contributed by atoms with van der Waals surface area (Å²) in [7, 11) is -9.39. The third-order valence-electron chi connectivity index (χ3n) is 7.44. The summed E-state index contributed by atoms with van der Waals surface area (Å²) in [6.45, 7) is 6.82. The molecular weight excluding hydrogens is 771 g/mol. The second kappa shape index (κ2) is 21.3. The molecule has 11 nitrogen and oxygen atoms in total. The smallest absolute Gasteiger partial charge is 0.240 e. The van der Waals surface area contributed by atoms with Gasteiger partial charge in [-0.15, -0.1) is 0 Å². The van der Waals surface area contributed by atoms with Crippen LogP contribution in [0.15, 0.2) is 87.5 Å². The molecule has 0 fully saturated rings. The predicted octanol–water partition coefficient (Wildman–Crippen LogP) is 4.65. The van der Waals surface area contributed by atoms with E-state index in [1.807, 2.05) is 20.8 Å². The quantitative estimate of drug-likeness (QED) is 0.0808. The molecule has 0 aliphatic rings. The molecule has 0 atom stereocenters. The van der Waals surface area contributed by atoms with E-state index in [0.29, 0.717) is 41.1 Å². The Hall–Kier alpha value is -1.64. The van der Waals surface area contributed by atoms with E-state index >= 15 is 0 Å². The predicted molar refractivity (Wildman–Crippen MR) is 211 cm³/mol. The van der Waals surface area contributed by atoms with Gasteiger partial charge in [-0.3, -0.25) is 0 Å². The van der Waals surface area contributed by atoms with Gasteiger partial charge in [0.15, 0.2) is 0 Å². The molecule has 0 saturated carbocycles. The molecule has 51 heavy (non-hydrogen) atoms. The van der Waals surface area contributed by atoms with Gasteiger partial charge < -0.3 is 9.47 Å². The molecule has 3 aromatic rings. The monoisotopic (exact) mass is 819 g/mol. The molecule has 0 heterocycles. The second-order valence-corrected chi connectivity index (χ2v) is 20.7. The number of hydrogen-bond donors (Lipinski definition) is 3. The van der Waals surface area contributed by atoms with Crippen LogP contribution in [0.4, 0.5) is 0 Å². The zero-order chi connectivity index (χ0) is 37.4. The highest BCUT2D eigenvalue weighted by Crippen LogP contribution is 2.32. The molecule has 0 bridgehead atoms. The van der Waals surface area contributed by atoms with Crippen molar-refractivity contribution in [1.82, 2.24) is 14.2 Å². The van der Waals surface area contributed by atoms with E-state index in [1.54, 1.807) is 115 Å². The number of nitrogens with one attached hydrogen (secondary N) is 3. The molecule has 0 saturated heterocycles. The normalized spacial score (nSPS) is 12.7. The van der Waals surface area contributed by atoms with Crippen LogP contribution in [0.2, 0.25) is 0 Å². The minimum absolute atomic E-state index is 0.0881. The summed E-state index contributed by atoms with van der Waals surface area (Å²) in [6, 6.07) is 20.0. The van der Waals surface area contributed by atoms with Crippen LogP contribution in [-0.4, -0.2) is 99.9 Å². The molecule has 0 unspecified atom stereocenters. The molecule has 17 heteroatoms. The lowest BCUT2D eigenvalue weighted by molar-refractivity contribution is -0.0522. The standard InChI is InChI=1S/C34H49N3O8S6/c1-28-5-11-31(12-6-28)49(38,39)35-17-20-46-24-34(23-45-27-44-4,25-47-21-18-36-50(40,41)32-13-7-29(2)8-14-32)26-48-22-19-37-51(42,43)33-15-9-30(3)10-16-33/h5-16,35-37H,17-27H2,1-4H3. The Kier molecular flexibility index (Phi) is 18.3. The molecule has 3 rings (SSSR count). The van der Waals surface area contributed by atoms with Crippen molar-refractivity contribution in [2.75, 3.05) is 74.7 Å². The van der Waals surface area contributed by atoms with E-state index < -0.39 is 35.5 Å². The highest BCUT2D eigenvalue weighted by Gasteiger charge is 2.31. The second-order valence-electron chi connectivity index (χ2n) is 12.0. The molecule has 3 N–H and O–H groups in total. The number of ether oxygens (including phenoxy) is 2. The summed E-state index contributed by atoms with van der Waals surface area (Å²) in [4.78, 5) is 0.637. The van der Waals surface area contributed by atoms with E-state index in [1.165, 1.54) is 0 Å². The number of sulfonamides is 3. The Morgan fingerprint density at radius 3 is 1.10 bits per heavy atom. The van der Waals surface area contributed by atoms with Gasteiger partial charge in [-0.25, -0.2) is 39.4 Å². The van der Waals surface area contributed by atoms with Gasteiger partial charge in [-0.1, -0.05) is 53.1 Å². The molecule has 0 aliphatic heterocycles. The first kappa shape index (κ1) is 43.8. The first-order chi connectivity index (χ1) is 24.2. The summed E-state index contributed by atoms with van der Waals surface area (Å²) in [5.41, 5.74) is 2.50. The van der Waals surface area contributed by atoms with Crippen molar-refractivity contribution in [1.29, 1.82) is 0 Å². The maximum Gasteiger partial charge on any atom is 0.240 e. The van der Waals surface area contributed by atoms with Crippen molar-refractivity contribution in [3.05, 3.63) is 89.5 Å². The highest BCUT2D eigenvalue weighted by atomic mass is 32.2. The number of thioether (sulfide) groups is 3. The van der Waals surface area contributed by atoms with Gasteiger partial charge in [0.2, 0.25) is 30.1 Å². The summed E-state index contributed by atoms with van der Waals surface area (Å²) >= 11 is 4.78. The van der Waals surface area contributed by atoms with Gasteiger partial charge in [0.1, 0.15) is 6.79 Å². The SMILES string of the molecule is COCOCC(CSCCNS(=O)(=O)c1ccc(C)cc1)(CSCCNS(=O)(=O)c1ccc(C)cc1)CSCCNS(=O)(=O)c1ccc(C)cc1. The first-order valence-electron chi connectivity index (χ1n) is 16.2.